The number of nitrogens with one attached hydrogen (secondary N) is 1. The Morgan fingerprint density at radius 1 is 1.46 bits per heavy atom. The topological polar surface area (TPSA) is 24.9 Å². The van der Waals surface area contributed by atoms with E-state index in [1.807, 2.05) is 12.4 Å². The van der Waals surface area contributed by atoms with Crippen molar-refractivity contribution in [3.05, 3.63) is 29.6 Å². The van der Waals surface area contributed by atoms with Crippen molar-refractivity contribution in [3.8, 4) is 0 Å². The average Bonchev–Trinajstić information content (AvgIpc) is 2.20. The monoisotopic (exact) mass is 176 g/mol. The third kappa shape index (κ3) is 1.89. The summed E-state index contributed by atoms with van der Waals surface area (Å²) in [5, 5.41) is 3.54. The smallest absolute Gasteiger partial charge is 0.0338 e. The molecule has 2 heteroatoms. The highest BCUT2D eigenvalue weighted by molar-refractivity contribution is 5.25. The van der Waals surface area contributed by atoms with Crippen molar-refractivity contribution in [2.45, 2.75) is 32.2 Å². The summed E-state index contributed by atoms with van der Waals surface area (Å²) in [6.07, 6.45) is 7.77. The molecule has 13 heavy (non-hydrogen) atoms. The zero-order valence-electron chi connectivity index (χ0n) is 8.09. The lowest BCUT2D eigenvalue weighted by atomic mass is 9.96. The Hall–Kier alpha value is -0.890. The summed E-state index contributed by atoms with van der Waals surface area (Å²) in [6.45, 7) is 3.31. The van der Waals surface area contributed by atoms with Gasteiger partial charge in [-0.25, -0.2) is 0 Å². The molecule has 0 radical (unpaired) electrons. The van der Waals surface area contributed by atoms with Gasteiger partial charge >= 0.3 is 0 Å². The maximum absolute atomic E-state index is 4.18. The van der Waals surface area contributed by atoms with Crippen LogP contribution in [0.1, 0.15) is 36.4 Å². The van der Waals surface area contributed by atoms with Crippen molar-refractivity contribution in [2.24, 2.45) is 0 Å². The first kappa shape index (κ1) is 8.70. The Labute approximate surface area is 79.4 Å². The van der Waals surface area contributed by atoms with Gasteiger partial charge in [-0.3, -0.25) is 4.98 Å². The van der Waals surface area contributed by atoms with E-state index < -0.39 is 0 Å². The molecule has 0 bridgehead atoms. The largest absolute Gasteiger partial charge is 0.310 e. The van der Waals surface area contributed by atoms with Gasteiger partial charge in [0.2, 0.25) is 0 Å². The standard InChI is InChI=1S/C11H16N2/c1-9-5-7-12-8-10(9)11-4-2-3-6-13-11/h5,7-8,11,13H,2-4,6H2,1H3. The Morgan fingerprint density at radius 3 is 3.08 bits per heavy atom. The molecule has 0 spiro atoms. The highest BCUT2D eigenvalue weighted by Gasteiger charge is 2.15. The normalized spacial score (nSPS) is 23.0. The predicted octanol–water partition coefficient (Wildman–Crippen LogP) is 2.20. The molecule has 1 aliphatic heterocycles. The Balaban J connectivity index is 2.18. The van der Waals surface area contributed by atoms with Gasteiger partial charge in [-0.15, -0.1) is 0 Å². The van der Waals surface area contributed by atoms with Crippen molar-refractivity contribution in [1.82, 2.24) is 10.3 Å². The van der Waals surface area contributed by atoms with E-state index in [1.54, 1.807) is 0 Å². The second kappa shape index (κ2) is 3.88. The van der Waals surface area contributed by atoms with Crippen LogP contribution in [0.3, 0.4) is 0 Å². The van der Waals surface area contributed by atoms with Crippen molar-refractivity contribution in [2.75, 3.05) is 6.54 Å². The molecule has 1 N–H and O–H groups in total. The molecule has 1 aliphatic rings. The van der Waals surface area contributed by atoms with Crippen molar-refractivity contribution in [3.63, 3.8) is 0 Å². The summed E-state index contributed by atoms with van der Waals surface area (Å²) in [6, 6.07) is 2.63. The number of nitrogens with zero attached hydrogens (tertiary/aromatic N) is 1. The first-order valence-electron chi connectivity index (χ1n) is 5.02. The molecule has 2 rings (SSSR count). The molecular formula is C11H16N2. The Bertz CT molecular complexity index is 277. The van der Waals surface area contributed by atoms with Crippen LogP contribution in [-0.4, -0.2) is 11.5 Å². The van der Waals surface area contributed by atoms with Crippen LogP contribution >= 0.6 is 0 Å². The number of hydrogen-bond donors (Lipinski definition) is 1. The van der Waals surface area contributed by atoms with Gasteiger partial charge in [0.1, 0.15) is 0 Å². The number of aromatic nitrogens is 1. The fourth-order valence-electron chi connectivity index (χ4n) is 1.96. The first-order chi connectivity index (χ1) is 6.38. The van der Waals surface area contributed by atoms with Gasteiger partial charge < -0.3 is 5.32 Å². The first-order valence-corrected chi connectivity index (χ1v) is 5.02. The van der Waals surface area contributed by atoms with Crippen LogP contribution in [-0.2, 0) is 0 Å². The highest BCUT2D eigenvalue weighted by Crippen LogP contribution is 2.24. The molecule has 1 fully saturated rings. The minimum atomic E-state index is 0.544. The van der Waals surface area contributed by atoms with E-state index in [9.17, 15) is 0 Å². The minimum absolute atomic E-state index is 0.544. The van der Waals surface area contributed by atoms with E-state index in [0.29, 0.717) is 6.04 Å². The molecule has 0 saturated carbocycles. The Morgan fingerprint density at radius 2 is 2.38 bits per heavy atom. The zero-order chi connectivity index (χ0) is 9.10. The summed E-state index contributed by atoms with van der Waals surface area (Å²) in [7, 11) is 0. The Kier molecular flexibility index (Phi) is 2.60. The molecule has 2 nitrogen and oxygen atoms in total. The minimum Gasteiger partial charge on any atom is -0.310 e. The van der Waals surface area contributed by atoms with Gasteiger partial charge in [-0.05, 0) is 43.5 Å². The van der Waals surface area contributed by atoms with E-state index >= 15 is 0 Å². The highest BCUT2D eigenvalue weighted by atomic mass is 14.9. The third-order valence-corrected chi connectivity index (χ3v) is 2.77. The summed E-state index contributed by atoms with van der Waals surface area (Å²) < 4.78 is 0. The van der Waals surface area contributed by atoms with Gasteiger partial charge in [0, 0.05) is 18.4 Å². The number of pyridine rings is 1. The average molecular weight is 176 g/mol. The maximum Gasteiger partial charge on any atom is 0.0338 e. The van der Waals surface area contributed by atoms with Gasteiger partial charge in [0.25, 0.3) is 0 Å². The van der Waals surface area contributed by atoms with Crippen LogP contribution in [0.4, 0.5) is 0 Å². The predicted molar refractivity (Wildman–Crippen MR) is 53.6 cm³/mol. The van der Waals surface area contributed by atoms with Crippen LogP contribution in [0.15, 0.2) is 18.5 Å². The van der Waals surface area contributed by atoms with Gasteiger partial charge in [-0.1, -0.05) is 6.42 Å². The van der Waals surface area contributed by atoms with Crippen LogP contribution in [0.25, 0.3) is 0 Å². The SMILES string of the molecule is Cc1ccncc1C1CCCCN1. The lowest BCUT2D eigenvalue weighted by Crippen LogP contribution is -2.27. The van der Waals surface area contributed by atoms with Crippen LogP contribution in [0.2, 0.25) is 0 Å². The molecule has 2 heterocycles. The second-order valence-electron chi connectivity index (χ2n) is 3.73. The molecule has 1 saturated heterocycles. The van der Waals surface area contributed by atoms with E-state index in [1.165, 1.54) is 30.4 Å². The fraction of sp³-hybridized carbons (Fsp3) is 0.545. The molecule has 0 aliphatic carbocycles. The quantitative estimate of drug-likeness (QED) is 0.709. The molecule has 1 atom stereocenters. The van der Waals surface area contributed by atoms with E-state index in [4.69, 9.17) is 0 Å². The molecule has 0 amide bonds. The number of piperidine rings is 1. The number of rotatable bonds is 1. The van der Waals surface area contributed by atoms with Crippen LogP contribution in [0.5, 0.6) is 0 Å². The number of hydrogen-bond acceptors (Lipinski definition) is 2. The summed E-state index contributed by atoms with van der Waals surface area (Å²) >= 11 is 0. The summed E-state index contributed by atoms with van der Waals surface area (Å²) in [5.41, 5.74) is 2.73. The van der Waals surface area contributed by atoms with E-state index in [2.05, 4.69) is 23.3 Å². The van der Waals surface area contributed by atoms with Crippen molar-refractivity contribution >= 4 is 0 Å². The van der Waals surface area contributed by atoms with Gasteiger partial charge in [-0.2, -0.15) is 0 Å². The lowest BCUT2D eigenvalue weighted by Gasteiger charge is -2.24. The molecule has 0 aromatic carbocycles. The van der Waals surface area contributed by atoms with Crippen molar-refractivity contribution < 1.29 is 0 Å². The zero-order valence-corrected chi connectivity index (χ0v) is 8.09. The van der Waals surface area contributed by atoms with Gasteiger partial charge in [0.15, 0.2) is 0 Å². The molecule has 1 unspecified atom stereocenters. The van der Waals surface area contributed by atoms with E-state index in [0.717, 1.165) is 6.54 Å². The van der Waals surface area contributed by atoms with Gasteiger partial charge in [0.05, 0.1) is 0 Å². The molecular weight excluding hydrogens is 160 g/mol. The number of aryl methyl sites for hydroxylation is 1. The molecule has 70 valence electrons. The lowest BCUT2D eigenvalue weighted by molar-refractivity contribution is 0.410. The molecule has 1 aromatic heterocycles. The third-order valence-electron chi connectivity index (χ3n) is 2.77. The fourth-order valence-corrected chi connectivity index (χ4v) is 1.96. The van der Waals surface area contributed by atoms with Crippen LogP contribution in [0, 0.1) is 6.92 Å². The van der Waals surface area contributed by atoms with Crippen LogP contribution < -0.4 is 5.32 Å². The second-order valence-corrected chi connectivity index (χ2v) is 3.73. The summed E-state index contributed by atoms with van der Waals surface area (Å²) in [4.78, 5) is 4.18. The maximum atomic E-state index is 4.18. The summed E-state index contributed by atoms with van der Waals surface area (Å²) in [5.74, 6) is 0. The molecule has 1 aromatic rings. The van der Waals surface area contributed by atoms with Crippen molar-refractivity contribution in [1.29, 1.82) is 0 Å². The van der Waals surface area contributed by atoms with E-state index in [-0.39, 0.29) is 0 Å².